The summed E-state index contributed by atoms with van der Waals surface area (Å²) < 4.78 is 5.65. The molecule has 0 unspecified atom stereocenters. The maximum atomic E-state index is 12.5. The molecule has 0 saturated heterocycles. The lowest BCUT2D eigenvalue weighted by atomic mass is 9.98. The Balaban J connectivity index is 2.26. The van der Waals surface area contributed by atoms with E-state index >= 15 is 0 Å². The highest BCUT2D eigenvalue weighted by atomic mass is 35.5. The maximum Gasteiger partial charge on any atom is 0.266 e. The summed E-state index contributed by atoms with van der Waals surface area (Å²) in [6.07, 6.45) is 0. The minimum absolute atomic E-state index is 0.0287. The van der Waals surface area contributed by atoms with Crippen LogP contribution in [0.4, 0.5) is 0 Å². The minimum Gasteiger partial charge on any atom is -0.493 e. The summed E-state index contributed by atoms with van der Waals surface area (Å²) in [4.78, 5) is 15.2. The third-order valence-electron chi connectivity index (χ3n) is 3.85. The Kier molecular flexibility index (Phi) is 5.32. The van der Waals surface area contributed by atoms with Crippen LogP contribution in [-0.2, 0) is 0 Å². The van der Waals surface area contributed by atoms with Crippen molar-refractivity contribution in [2.75, 3.05) is 6.61 Å². The van der Waals surface area contributed by atoms with Gasteiger partial charge >= 0.3 is 0 Å². The van der Waals surface area contributed by atoms with E-state index in [0.717, 1.165) is 0 Å². The SMILES string of the molecule is CCOc1ccccc1-c1cc(-c2ccc(Cl)c(Cl)c2)[nH]c(=O)c1C#N. The number of halogens is 2. The van der Waals surface area contributed by atoms with Gasteiger partial charge in [0.05, 0.1) is 16.7 Å². The molecule has 1 N–H and O–H groups in total. The van der Waals surface area contributed by atoms with Crippen molar-refractivity contribution in [3.05, 3.63) is 74.5 Å². The summed E-state index contributed by atoms with van der Waals surface area (Å²) in [5, 5.41) is 10.3. The Bertz CT molecular complexity index is 1070. The molecule has 0 aliphatic carbocycles. The number of aromatic nitrogens is 1. The largest absolute Gasteiger partial charge is 0.493 e. The highest BCUT2D eigenvalue weighted by Crippen LogP contribution is 2.34. The maximum absolute atomic E-state index is 12.5. The Morgan fingerprint density at radius 3 is 2.54 bits per heavy atom. The molecule has 0 spiro atoms. The van der Waals surface area contributed by atoms with Gasteiger partial charge < -0.3 is 9.72 Å². The predicted octanol–water partition coefficient (Wildman–Crippen LogP) is 5.29. The molecule has 0 aliphatic rings. The number of aromatic amines is 1. The fourth-order valence-corrected chi connectivity index (χ4v) is 2.97. The van der Waals surface area contributed by atoms with Crippen LogP contribution in [0.3, 0.4) is 0 Å². The molecule has 1 aromatic heterocycles. The van der Waals surface area contributed by atoms with E-state index in [1.807, 2.05) is 31.2 Å². The quantitative estimate of drug-likeness (QED) is 0.664. The van der Waals surface area contributed by atoms with Gasteiger partial charge in [0.15, 0.2) is 0 Å². The van der Waals surface area contributed by atoms with Crippen LogP contribution in [0.2, 0.25) is 10.0 Å². The number of hydrogen-bond acceptors (Lipinski definition) is 3. The fraction of sp³-hybridized carbons (Fsp3) is 0.100. The molecule has 0 radical (unpaired) electrons. The van der Waals surface area contributed by atoms with Crippen molar-refractivity contribution in [3.8, 4) is 34.2 Å². The summed E-state index contributed by atoms with van der Waals surface area (Å²) in [5.74, 6) is 0.609. The highest BCUT2D eigenvalue weighted by molar-refractivity contribution is 6.42. The number of rotatable bonds is 4. The molecule has 4 nitrogen and oxygen atoms in total. The van der Waals surface area contributed by atoms with Gasteiger partial charge in [0, 0.05) is 16.8 Å². The second-order valence-corrected chi connectivity index (χ2v) is 6.29. The zero-order valence-corrected chi connectivity index (χ0v) is 15.4. The van der Waals surface area contributed by atoms with Gasteiger partial charge in [-0.05, 0) is 36.8 Å². The summed E-state index contributed by atoms with van der Waals surface area (Å²) in [6, 6.07) is 16.1. The minimum atomic E-state index is -0.475. The number of nitrogens with one attached hydrogen (secondary N) is 1. The van der Waals surface area contributed by atoms with Crippen LogP contribution < -0.4 is 10.3 Å². The first-order chi connectivity index (χ1) is 12.5. The van der Waals surface area contributed by atoms with Crippen LogP contribution >= 0.6 is 23.2 Å². The van der Waals surface area contributed by atoms with Gasteiger partial charge in [0.1, 0.15) is 17.4 Å². The monoisotopic (exact) mass is 384 g/mol. The number of hydrogen-bond donors (Lipinski definition) is 1. The average Bonchev–Trinajstić information content (AvgIpc) is 2.64. The molecule has 1 heterocycles. The van der Waals surface area contributed by atoms with Gasteiger partial charge in [-0.15, -0.1) is 0 Å². The standard InChI is InChI=1S/C20H14Cl2N2O2/c1-2-26-19-6-4-3-5-13(19)14-10-18(24-20(25)15(14)11-23)12-7-8-16(21)17(22)9-12/h3-10H,2H2,1H3,(H,24,25). The predicted molar refractivity (Wildman–Crippen MR) is 104 cm³/mol. The first-order valence-corrected chi connectivity index (χ1v) is 8.65. The van der Waals surface area contributed by atoms with Gasteiger partial charge in [-0.3, -0.25) is 4.79 Å². The van der Waals surface area contributed by atoms with E-state index in [1.165, 1.54) is 0 Å². The van der Waals surface area contributed by atoms with Crippen LogP contribution in [0, 0.1) is 11.3 Å². The second-order valence-electron chi connectivity index (χ2n) is 5.47. The summed E-state index contributed by atoms with van der Waals surface area (Å²) in [6.45, 7) is 2.35. The van der Waals surface area contributed by atoms with Crippen LogP contribution in [0.15, 0.2) is 53.3 Å². The molecule has 26 heavy (non-hydrogen) atoms. The van der Waals surface area contributed by atoms with E-state index in [4.69, 9.17) is 27.9 Å². The Hall–Kier alpha value is -2.74. The van der Waals surface area contributed by atoms with E-state index in [1.54, 1.807) is 30.3 Å². The number of para-hydroxylation sites is 1. The smallest absolute Gasteiger partial charge is 0.266 e. The summed E-state index contributed by atoms with van der Waals surface area (Å²) in [5.41, 5.74) is 1.96. The van der Waals surface area contributed by atoms with Gasteiger partial charge in [0.25, 0.3) is 5.56 Å². The Morgan fingerprint density at radius 1 is 1.08 bits per heavy atom. The molecule has 0 amide bonds. The van der Waals surface area contributed by atoms with Crippen LogP contribution in [-0.4, -0.2) is 11.6 Å². The van der Waals surface area contributed by atoms with E-state index in [9.17, 15) is 10.1 Å². The number of pyridine rings is 1. The van der Waals surface area contributed by atoms with Gasteiger partial charge in [-0.2, -0.15) is 5.26 Å². The fourth-order valence-electron chi connectivity index (χ4n) is 2.67. The molecule has 6 heteroatoms. The van der Waals surface area contributed by atoms with Crippen LogP contribution in [0.5, 0.6) is 5.75 Å². The second kappa shape index (κ2) is 7.65. The highest BCUT2D eigenvalue weighted by Gasteiger charge is 2.16. The first-order valence-electron chi connectivity index (χ1n) is 7.90. The number of nitriles is 1. The van der Waals surface area contributed by atoms with Crippen molar-refractivity contribution in [1.29, 1.82) is 5.26 Å². The van der Waals surface area contributed by atoms with E-state index in [2.05, 4.69) is 4.98 Å². The van der Waals surface area contributed by atoms with E-state index in [-0.39, 0.29) is 5.56 Å². The van der Waals surface area contributed by atoms with Crippen molar-refractivity contribution >= 4 is 23.2 Å². The number of ether oxygens (including phenoxy) is 1. The van der Waals surface area contributed by atoms with Crippen LogP contribution in [0.25, 0.3) is 22.4 Å². The molecule has 0 atom stereocenters. The Labute approximate surface area is 160 Å². The molecule has 0 aliphatic heterocycles. The van der Waals surface area contributed by atoms with Crippen molar-refractivity contribution in [1.82, 2.24) is 4.98 Å². The van der Waals surface area contributed by atoms with Gasteiger partial charge in [0.2, 0.25) is 0 Å². The molecule has 130 valence electrons. The number of benzene rings is 2. The molecule has 0 bridgehead atoms. The van der Waals surface area contributed by atoms with Gasteiger partial charge in [-0.25, -0.2) is 0 Å². The van der Waals surface area contributed by atoms with E-state index < -0.39 is 5.56 Å². The molecule has 2 aromatic carbocycles. The van der Waals surface area contributed by atoms with Crippen molar-refractivity contribution in [3.63, 3.8) is 0 Å². The Morgan fingerprint density at radius 2 is 1.85 bits per heavy atom. The molecule has 3 rings (SSSR count). The van der Waals surface area contributed by atoms with Gasteiger partial charge in [-0.1, -0.05) is 47.5 Å². The average molecular weight is 385 g/mol. The molecule has 3 aromatic rings. The van der Waals surface area contributed by atoms with Crippen molar-refractivity contribution < 1.29 is 4.74 Å². The van der Waals surface area contributed by atoms with Crippen molar-refractivity contribution in [2.24, 2.45) is 0 Å². The number of H-pyrrole nitrogens is 1. The third-order valence-corrected chi connectivity index (χ3v) is 4.59. The first kappa shape index (κ1) is 18.1. The topological polar surface area (TPSA) is 65.9 Å². The summed E-state index contributed by atoms with van der Waals surface area (Å²) in [7, 11) is 0. The van der Waals surface area contributed by atoms with E-state index in [0.29, 0.717) is 44.8 Å². The lowest BCUT2D eigenvalue weighted by Gasteiger charge is -2.13. The molecule has 0 saturated carbocycles. The summed E-state index contributed by atoms with van der Waals surface area (Å²) >= 11 is 12.1. The zero-order chi connectivity index (χ0) is 18.7. The lowest BCUT2D eigenvalue weighted by molar-refractivity contribution is 0.341. The van der Waals surface area contributed by atoms with Crippen LogP contribution in [0.1, 0.15) is 12.5 Å². The third kappa shape index (κ3) is 3.45. The zero-order valence-electron chi connectivity index (χ0n) is 13.8. The molecular weight excluding hydrogens is 371 g/mol. The number of nitrogens with zero attached hydrogens (tertiary/aromatic N) is 1. The lowest BCUT2D eigenvalue weighted by Crippen LogP contribution is -2.13. The molecule has 0 fully saturated rings. The normalized spacial score (nSPS) is 10.4. The van der Waals surface area contributed by atoms with Crippen molar-refractivity contribution in [2.45, 2.75) is 6.92 Å². The molecular formula is C20H14Cl2N2O2.